The minimum atomic E-state index is -0.886. The van der Waals surface area contributed by atoms with Gasteiger partial charge in [0.25, 0.3) is 5.91 Å². The van der Waals surface area contributed by atoms with Crippen LogP contribution in [0.1, 0.15) is 42.1 Å². The van der Waals surface area contributed by atoms with Crippen molar-refractivity contribution in [2.75, 3.05) is 31.6 Å². The first kappa shape index (κ1) is 25.7. The van der Waals surface area contributed by atoms with Crippen molar-refractivity contribution in [3.05, 3.63) is 65.7 Å². The number of hydrogen-bond acceptors (Lipinski definition) is 6. The number of unbranched alkanes of at least 4 members (excludes halogenated alkanes) is 1. The molecule has 1 unspecified atom stereocenters. The van der Waals surface area contributed by atoms with Crippen LogP contribution in [0.5, 0.6) is 0 Å². The maximum absolute atomic E-state index is 12.8. The van der Waals surface area contributed by atoms with Gasteiger partial charge in [-0.1, -0.05) is 43.7 Å². The Morgan fingerprint density at radius 3 is 2.54 bits per heavy atom. The molecule has 0 radical (unpaired) electrons. The number of rotatable bonds is 11. The molecule has 0 bridgehead atoms. The van der Waals surface area contributed by atoms with Crippen LogP contribution < -0.4 is 16.0 Å². The van der Waals surface area contributed by atoms with E-state index in [2.05, 4.69) is 16.0 Å². The Balaban J connectivity index is 1.50. The quantitative estimate of drug-likeness (QED) is 0.335. The molecule has 3 rings (SSSR count). The minimum absolute atomic E-state index is 0.0474. The fourth-order valence-corrected chi connectivity index (χ4v) is 3.66. The van der Waals surface area contributed by atoms with Crippen molar-refractivity contribution in [1.82, 2.24) is 15.5 Å². The van der Waals surface area contributed by atoms with E-state index < -0.39 is 12.0 Å². The summed E-state index contributed by atoms with van der Waals surface area (Å²) in [6.45, 7) is 3.33. The summed E-state index contributed by atoms with van der Waals surface area (Å²) >= 11 is 0. The van der Waals surface area contributed by atoms with Gasteiger partial charge in [0.1, 0.15) is 6.04 Å². The molecular weight excluding hydrogens is 448 g/mol. The van der Waals surface area contributed by atoms with Gasteiger partial charge in [-0.2, -0.15) is 0 Å². The molecule has 0 aromatic heterocycles. The van der Waals surface area contributed by atoms with E-state index >= 15 is 0 Å². The van der Waals surface area contributed by atoms with Crippen molar-refractivity contribution in [2.45, 2.75) is 38.8 Å². The van der Waals surface area contributed by atoms with Crippen molar-refractivity contribution in [2.24, 2.45) is 0 Å². The van der Waals surface area contributed by atoms with Gasteiger partial charge in [0.2, 0.25) is 11.8 Å². The molecule has 1 saturated heterocycles. The average Bonchev–Trinajstić information content (AvgIpc) is 2.88. The van der Waals surface area contributed by atoms with Crippen LogP contribution in [-0.2, 0) is 25.7 Å². The zero-order valence-electron chi connectivity index (χ0n) is 19.9. The summed E-state index contributed by atoms with van der Waals surface area (Å²) < 4.78 is 5.16. The van der Waals surface area contributed by atoms with Gasteiger partial charge in [-0.05, 0) is 36.2 Å². The first-order chi connectivity index (χ1) is 17.0. The second kappa shape index (κ2) is 13.1. The van der Waals surface area contributed by atoms with Gasteiger partial charge in [-0.15, -0.1) is 0 Å². The zero-order valence-corrected chi connectivity index (χ0v) is 19.9. The molecule has 2 aromatic carbocycles. The SMILES string of the molecule is CCCCOC(=O)CC1C(=O)NCCN1C(=O)CNc1ccc(C(=O)NCc2ccccc2)cc1. The number of benzene rings is 2. The van der Waals surface area contributed by atoms with Gasteiger partial charge in [-0.25, -0.2) is 0 Å². The van der Waals surface area contributed by atoms with Crippen LogP contribution in [0.15, 0.2) is 54.6 Å². The number of hydrogen-bond donors (Lipinski definition) is 3. The largest absolute Gasteiger partial charge is 0.466 e. The van der Waals surface area contributed by atoms with Crippen molar-refractivity contribution in [1.29, 1.82) is 0 Å². The van der Waals surface area contributed by atoms with Crippen molar-refractivity contribution >= 4 is 29.4 Å². The topological polar surface area (TPSA) is 117 Å². The third-order valence-electron chi connectivity index (χ3n) is 5.66. The number of piperazine rings is 1. The van der Waals surface area contributed by atoms with E-state index in [1.54, 1.807) is 24.3 Å². The number of nitrogens with zero attached hydrogens (tertiary/aromatic N) is 1. The molecule has 186 valence electrons. The smallest absolute Gasteiger partial charge is 0.308 e. The summed E-state index contributed by atoms with van der Waals surface area (Å²) in [4.78, 5) is 51.0. The Labute approximate surface area is 205 Å². The molecule has 9 nitrogen and oxygen atoms in total. The van der Waals surface area contributed by atoms with E-state index in [0.29, 0.717) is 37.5 Å². The summed E-state index contributed by atoms with van der Waals surface area (Å²) in [5, 5.41) is 8.60. The Bertz CT molecular complexity index is 1010. The van der Waals surface area contributed by atoms with Gasteiger partial charge in [-0.3, -0.25) is 19.2 Å². The molecule has 0 aliphatic carbocycles. The number of carbonyl (C=O) groups is 4. The van der Waals surface area contributed by atoms with E-state index in [4.69, 9.17) is 4.74 Å². The van der Waals surface area contributed by atoms with Crippen LogP contribution in [0.2, 0.25) is 0 Å². The lowest BCUT2D eigenvalue weighted by Gasteiger charge is -2.34. The minimum Gasteiger partial charge on any atom is -0.466 e. The van der Waals surface area contributed by atoms with Crippen LogP contribution in [-0.4, -0.2) is 60.9 Å². The lowest BCUT2D eigenvalue weighted by atomic mass is 10.1. The molecule has 1 aliphatic heterocycles. The number of nitrogens with one attached hydrogen (secondary N) is 3. The third kappa shape index (κ3) is 7.84. The van der Waals surface area contributed by atoms with Crippen LogP contribution in [0.4, 0.5) is 5.69 Å². The number of ether oxygens (including phenoxy) is 1. The van der Waals surface area contributed by atoms with Crippen molar-refractivity contribution in [3.8, 4) is 0 Å². The maximum Gasteiger partial charge on any atom is 0.308 e. The summed E-state index contributed by atoms with van der Waals surface area (Å²) in [7, 11) is 0. The predicted molar refractivity (Wildman–Crippen MR) is 132 cm³/mol. The van der Waals surface area contributed by atoms with Crippen LogP contribution in [0, 0.1) is 0 Å². The van der Waals surface area contributed by atoms with E-state index in [1.165, 1.54) is 4.90 Å². The summed E-state index contributed by atoms with van der Waals surface area (Å²) in [5.74, 6) is -1.34. The molecule has 9 heteroatoms. The second-order valence-corrected chi connectivity index (χ2v) is 8.27. The highest BCUT2D eigenvalue weighted by molar-refractivity contribution is 5.95. The molecule has 1 atom stereocenters. The van der Waals surface area contributed by atoms with Gasteiger partial charge >= 0.3 is 5.97 Å². The average molecular weight is 481 g/mol. The molecule has 1 aliphatic rings. The Morgan fingerprint density at radius 1 is 1.09 bits per heavy atom. The van der Waals surface area contributed by atoms with Crippen LogP contribution >= 0.6 is 0 Å². The van der Waals surface area contributed by atoms with Gasteiger partial charge in [0.15, 0.2) is 0 Å². The highest BCUT2D eigenvalue weighted by atomic mass is 16.5. The molecule has 1 heterocycles. The third-order valence-corrected chi connectivity index (χ3v) is 5.66. The molecule has 35 heavy (non-hydrogen) atoms. The monoisotopic (exact) mass is 480 g/mol. The van der Waals surface area contributed by atoms with Crippen molar-refractivity contribution in [3.63, 3.8) is 0 Å². The predicted octanol–water partition coefficient (Wildman–Crippen LogP) is 2.09. The molecule has 0 spiro atoms. The maximum atomic E-state index is 12.8. The lowest BCUT2D eigenvalue weighted by Crippen LogP contribution is -2.58. The first-order valence-electron chi connectivity index (χ1n) is 11.9. The number of anilines is 1. The van der Waals surface area contributed by atoms with Crippen LogP contribution in [0.3, 0.4) is 0 Å². The van der Waals surface area contributed by atoms with E-state index in [-0.39, 0.29) is 30.7 Å². The first-order valence-corrected chi connectivity index (χ1v) is 11.9. The molecular formula is C26H32N4O5. The second-order valence-electron chi connectivity index (χ2n) is 8.27. The normalized spacial score (nSPS) is 15.2. The summed E-state index contributed by atoms with van der Waals surface area (Å²) in [5.41, 5.74) is 2.18. The highest BCUT2D eigenvalue weighted by Gasteiger charge is 2.34. The summed E-state index contributed by atoms with van der Waals surface area (Å²) in [6, 6.07) is 15.5. The Hall–Kier alpha value is -3.88. The van der Waals surface area contributed by atoms with E-state index in [9.17, 15) is 19.2 Å². The molecule has 0 saturated carbocycles. The standard InChI is InChI=1S/C26H32N4O5/c1-2-3-15-35-24(32)16-22-26(34)27-13-14-30(22)23(31)18-28-21-11-9-20(10-12-21)25(33)29-17-19-7-5-4-6-8-19/h4-12,22,28H,2-3,13-18H2,1H3,(H,27,34)(H,29,33). The lowest BCUT2D eigenvalue weighted by molar-refractivity contribution is -0.151. The fourth-order valence-electron chi connectivity index (χ4n) is 3.66. The molecule has 3 amide bonds. The fraction of sp³-hybridized carbons (Fsp3) is 0.385. The van der Waals surface area contributed by atoms with Gasteiger partial charge < -0.3 is 25.6 Å². The molecule has 1 fully saturated rings. The number of esters is 1. The summed E-state index contributed by atoms with van der Waals surface area (Å²) in [6.07, 6.45) is 1.48. The van der Waals surface area contributed by atoms with Crippen LogP contribution in [0.25, 0.3) is 0 Å². The Morgan fingerprint density at radius 2 is 1.83 bits per heavy atom. The van der Waals surface area contributed by atoms with Gasteiger partial charge in [0.05, 0.1) is 19.6 Å². The van der Waals surface area contributed by atoms with E-state index in [1.807, 2.05) is 37.3 Å². The number of carbonyl (C=O) groups excluding carboxylic acids is 4. The zero-order chi connectivity index (χ0) is 25.0. The molecule has 3 N–H and O–H groups in total. The number of amides is 3. The molecule has 2 aromatic rings. The highest BCUT2D eigenvalue weighted by Crippen LogP contribution is 2.13. The van der Waals surface area contributed by atoms with Crippen molar-refractivity contribution < 1.29 is 23.9 Å². The Kier molecular flexibility index (Phi) is 9.65. The van der Waals surface area contributed by atoms with Gasteiger partial charge in [0, 0.05) is 30.9 Å². The van der Waals surface area contributed by atoms with E-state index in [0.717, 1.165) is 18.4 Å².